The molecule has 0 atom stereocenters. The number of rotatable bonds is 5. The average molecular weight is 238 g/mol. The van der Waals surface area contributed by atoms with Crippen LogP contribution in [0.15, 0.2) is 54.6 Å². The molecular weight excluding hydrogens is 220 g/mol. The minimum absolute atomic E-state index is 0.127. The Kier molecular flexibility index (Phi) is 4.30. The summed E-state index contributed by atoms with van der Waals surface area (Å²) < 4.78 is 0. The zero-order valence-electron chi connectivity index (χ0n) is 10.7. The number of carbonyl (C=O) groups excluding carboxylic acids is 1. The predicted molar refractivity (Wildman–Crippen MR) is 74.9 cm³/mol. The zero-order valence-corrected chi connectivity index (χ0v) is 10.7. The van der Waals surface area contributed by atoms with E-state index in [-0.39, 0.29) is 5.78 Å². The van der Waals surface area contributed by atoms with E-state index >= 15 is 0 Å². The van der Waals surface area contributed by atoms with Gasteiger partial charge in [0, 0.05) is 11.1 Å². The average Bonchev–Trinajstić information content (AvgIpc) is 2.45. The first-order valence-electron chi connectivity index (χ1n) is 6.50. The molecule has 2 rings (SSSR count). The van der Waals surface area contributed by atoms with Crippen LogP contribution in [-0.2, 0) is 6.42 Å². The van der Waals surface area contributed by atoms with Gasteiger partial charge in [0.15, 0.2) is 5.78 Å². The van der Waals surface area contributed by atoms with Gasteiger partial charge in [0.05, 0.1) is 0 Å². The summed E-state index contributed by atoms with van der Waals surface area (Å²) in [7, 11) is 0. The molecule has 0 N–H and O–H groups in total. The van der Waals surface area contributed by atoms with E-state index in [1.165, 1.54) is 0 Å². The van der Waals surface area contributed by atoms with Crippen molar-refractivity contribution in [3.8, 4) is 0 Å². The van der Waals surface area contributed by atoms with Gasteiger partial charge in [0.25, 0.3) is 0 Å². The van der Waals surface area contributed by atoms with Crippen molar-refractivity contribution in [3.63, 3.8) is 0 Å². The molecule has 0 aromatic heterocycles. The van der Waals surface area contributed by atoms with Crippen molar-refractivity contribution in [2.75, 3.05) is 0 Å². The number of ketones is 1. The smallest absolute Gasteiger partial charge is 0.193 e. The first-order valence-corrected chi connectivity index (χ1v) is 6.50. The summed E-state index contributed by atoms with van der Waals surface area (Å²) in [6.45, 7) is 2.17. The summed E-state index contributed by atoms with van der Waals surface area (Å²) in [6, 6.07) is 17.4. The van der Waals surface area contributed by atoms with Gasteiger partial charge in [-0.15, -0.1) is 0 Å². The third kappa shape index (κ3) is 2.86. The molecule has 0 spiro atoms. The Hall–Kier alpha value is -1.89. The maximum atomic E-state index is 12.4. The van der Waals surface area contributed by atoms with Crippen molar-refractivity contribution in [1.82, 2.24) is 0 Å². The predicted octanol–water partition coefficient (Wildman–Crippen LogP) is 4.26. The van der Waals surface area contributed by atoms with Gasteiger partial charge < -0.3 is 0 Å². The number of carbonyl (C=O) groups is 1. The first-order chi connectivity index (χ1) is 8.83. The molecule has 0 amide bonds. The van der Waals surface area contributed by atoms with Crippen molar-refractivity contribution in [3.05, 3.63) is 71.3 Å². The summed E-state index contributed by atoms with van der Waals surface area (Å²) >= 11 is 0. The minimum atomic E-state index is 0.127. The molecule has 0 aliphatic rings. The topological polar surface area (TPSA) is 17.1 Å². The van der Waals surface area contributed by atoms with Crippen LogP contribution >= 0.6 is 0 Å². The number of unbranched alkanes of at least 4 members (excludes halogenated alkanes) is 1. The summed E-state index contributed by atoms with van der Waals surface area (Å²) in [6.07, 6.45) is 3.25. The molecule has 0 unspecified atom stereocenters. The Bertz CT molecular complexity index is 514. The minimum Gasteiger partial charge on any atom is -0.289 e. The highest BCUT2D eigenvalue weighted by atomic mass is 16.1. The molecular formula is C17H18O. The molecule has 0 saturated carbocycles. The molecule has 0 aliphatic heterocycles. The lowest BCUT2D eigenvalue weighted by atomic mass is 9.95. The summed E-state index contributed by atoms with van der Waals surface area (Å²) in [4.78, 5) is 12.4. The highest BCUT2D eigenvalue weighted by molar-refractivity contribution is 6.09. The van der Waals surface area contributed by atoms with Gasteiger partial charge in [0.1, 0.15) is 0 Å². The number of aryl methyl sites for hydroxylation is 1. The van der Waals surface area contributed by atoms with E-state index in [1.54, 1.807) is 0 Å². The highest BCUT2D eigenvalue weighted by Gasteiger charge is 2.12. The fourth-order valence-electron chi connectivity index (χ4n) is 2.07. The summed E-state index contributed by atoms with van der Waals surface area (Å²) in [5, 5.41) is 0. The standard InChI is InChI=1S/C17H18O/c1-2-3-9-14-10-7-8-13-16(14)17(18)15-11-5-4-6-12-15/h4-8,10-13H,2-3,9H2,1H3. The maximum absolute atomic E-state index is 12.4. The molecule has 0 aliphatic carbocycles. The van der Waals surface area contributed by atoms with Crippen LogP contribution in [0.1, 0.15) is 41.3 Å². The van der Waals surface area contributed by atoms with Gasteiger partial charge in [-0.2, -0.15) is 0 Å². The molecule has 0 radical (unpaired) electrons. The van der Waals surface area contributed by atoms with Crippen LogP contribution in [0.5, 0.6) is 0 Å². The van der Waals surface area contributed by atoms with Crippen molar-refractivity contribution < 1.29 is 4.79 Å². The van der Waals surface area contributed by atoms with Crippen LogP contribution in [0.3, 0.4) is 0 Å². The second-order valence-corrected chi connectivity index (χ2v) is 4.46. The number of hydrogen-bond acceptors (Lipinski definition) is 1. The normalized spacial score (nSPS) is 10.3. The molecule has 1 nitrogen and oxygen atoms in total. The first kappa shape index (κ1) is 12.6. The van der Waals surface area contributed by atoms with Gasteiger partial charge in [-0.3, -0.25) is 4.79 Å². The van der Waals surface area contributed by atoms with E-state index in [0.29, 0.717) is 0 Å². The van der Waals surface area contributed by atoms with E-state index in [4.69, 9.17) is 0 Å². The lowest BCUT2D eigenvalue weighted by Crippen LogP contribution is -2.05. The Balaban J connectivity index is 2.30. The molecule has 2 aromatic carbocycles. The third-order valence-corrected chi connectivity index (χ3v) is 3.10. The third-order valence-electron chi connectivity index (χ3n) is 3.10. The second kappa shape index (κ2) is 6.15. The summed E-state index contributed by atoms with van der Waals surface area (Å²) in [5.74, 6) is 0.127. The molecule has 0 heterocycles. The Morgan fingerprint density at radius 2 is 1.61 bits per heavy atom. The summed E-state index contributed by atoms with van der Waals surface area (Å²) in [5.41, 5.74) is 2.77. The van der Waals surface area contributed by atoms with Crippen LogP contribution in [0.25, 0.3) is 0 Å². The van der Waals surface area contributed by atoms with E-state index in [1.807, 2.05) is 48.5 Å². The SMILES string of the molecule is CCCCc1ccccc1C(=O)c1ccccc1. The van der Waals surface area contributed by atoms with E-state index in [9.17, 15) is 4.79 Å². The number of hydrogen-bond donors (Lipinski definition) is 0. The molecule has 0 bridgehead atoms. The van der Waals surface area contributed by atoms with Crippen LogP contribution in [0.2, 0.25) is 0 Å². The van der Waals surface area contributed by atoms with E-state index < -0.39 is 0 Å². The van der Waals surface area contributed by atoms with Gasteiger partial charge in [-0.05, 0) is 18.4 Å². The van der Waals surface area contributed by atoms with Crippen molar-refractivity contribution in [2.24, 2.45) is 0 Å². The molecule has 92 valence electrons. The van der Waals surface area contributed by atoms with Gasteiger partial charge >= 0.3 is 0 Å². The molecule has 1 heteroatoms. The largest absolute Gasteiger partial charge is 0.289 e. The van der Waals surface area contributed by atoms with Gasteiger partial charge in [0.2, 0.25) is 0 Å². The fourth-order valence-corrected chi connectivity index (χ4v) is 2.07. The lowest BCUT2D eigenvalue weighted by Gasteiger charge is -2.08. The quantitative estimate of drug-likeness (QED) is 0.711. The lowest BCUT2D eigenvalue weighted by molar-refractivity contribution is 0.103. The number of benzene rings is 2. The second-order valence-electron chi connectivity index (χ2n) is 4.46. The van der Waals surface area contributed by atoms with Gasteiger partial charge in [-0.1, -0.05) is 67.9 Å². The molecule has 0 fully saturated rings. The molecule has 0 saturated heterocycles. The van der Waals surface area contributed by atoms with Crippen molar-refractivity contribution >= 4 is 5.78 Å². The van der Waals surface area contributed by atoms with Crippen LogP contribution < -0.4 is 0 Å². The van der Waals surface area contributed by atoms with Crippen LogP contribution in [-0.4, -0.2) is 5.78 Å². The Labute approximate surface area is 108 Å². The monoisotopic (exact) mass is 238 g/mol. The van der Waals surface area contributed by atoms with Crippen LogP contribution in [0, 0.1) is 0 Å². The van der Waals surface area contributed by atoms with Crippen molar-refractivity contribution in [1.29, 1.82) is 0 Å². The van der Waals surface area contributed by atoms with E-state index in [2.05, 4.69) is 13.0 Å². The molecule has 2 aromatic rings. The van der Waals surface area contributed by atoms with Crippen LogP contribution in [0.4, 0.5) is 0 Å². The van der Waals surface area contributed by atoms with Gasteiger partial charge in [-0.25, -0.2) is 0 Å². The fraction of sp³-hybridized carbons (Fsp3) is 0.235. The van der Waals surface area contributed by atoms with E-state index in [0.717, 1.165) is 36.0 Å². The Morgan fingerprint density at radius 1 is 0.944 bits per heavy atom. The Morgan fingerprint density at radius 3 is 2.33 bits per heavy atom. The maximum Gasteiger partial charge on any atom is 0.193 e. The zero-order chi connectivity index (χ0) is 12.8. The van der Waals surface area contributed by atoms with Crippen molar-refractivity contribution in [2.45, 2.75) is 26.2 Å². The highest BCUT2D eigenvalue weighted by Crippen LogP contribution is 2.16. The molecule has 18 heavy (non-hydrogen) atoms.